The Bertz CT molecular complexity index is 1180. The van der Waals surface area contributed by atoms with Gasteiger partial charge in [-0.1, -0.05) is 11.6 Å². The van der Waals surface area contributed by atoms with Crippen LogP contribution in [-0.4, -0.2) is 15.6 Å². The number of alkyl halides is 3. The number of aryl methyl sites for hydroxylation is 1. The predicted octanol–water partition coefficient (Wildman–Crippen LogP) is 5.15. The summed E-state index contributed by atoms with van der Waals surface area (Å²) in [5.41, 5.74) is 0.204. The van der Waals surface area contributed by atoms with E-state index < -0.39 is 29.1 Å². The molecular formula is C21H14F4N2O2. The molecule has 0 saturated heterocycles. The van der Waals surface area contributed by atoms with E-state index >= 15 is 0 Å². The summed E-state index contributed by atoms with van der Waals surface area (Å²) >= 11 is 0. The van der Waals surface area contributed by atoms with Gasteiger partial charge in [-0.3, -0.25) is 0 Å². The first-order valence-electron chi connectivity index (χ1n) is 8.39. The molecule has 0 aliphatic carbocycles. The molecule has 8 heteroatoms. The molecule has 3 aromatic rings. The van der Waals surface area contributed by atoms with Crippen molar-refractivity contribution in [2.45, 2.75) is 19.6 Å². The number of nitriles is 1. The largest absolute Gasteiger partial charge is 0.477 e. The summed E-state index contributed by atoms with van der Waals surface area (Å²) < 4.78 is 54.6. The summed E-state index contributed by atoms with van der Waals surface area (Å²) in [6.45, 7) is 1.56. The smallest absolute Gasteiger partial charge is 0.416 e. The molecule has 1 aromatic heterocycles. The molecule has 1 heterocycles. The average Bonchev–Trinajstić information content (AvgIpc) is 2.94. The molecule has 0 spiro atoms. The molecule has 0 bridgehead atoms. The zero-order valence-electron chi connectivity index (χ0n) is 15.1. The topological polar surface area (TPSA) is 66.0 Å². The highest BCUT2D eigenvalue weighted by molar-refractivity contribution is 6.00. The zero-order chi connectivity index (χ0) is 21.3. The number of nitrogens with zero attached hydrogens (tertiary/aromatic N) is 2. The van der Waals surface area contributed by atoms with Crippen LogP contribution in [0.1, 0.15) is 22.3 Å². The number of carbonyl (C=O) groups is 1. The zero-order valence-corrected chi connectivity index (χ0v) is 15.1. The molecule has 3 rings (SSSR count). The monoisotopic (exact) mass is 402 g/mol. The van der Waals surface area contributed by atoms with Gasteiger partial charge in [-0.2, -0.15) is 18.4 Å². The number of carboxylic acid groups (broad SMARTS) is 1. The van der Waals surface area contributed by atoms with E-state index in [1.165, 1.54) is 29.0 Å². The number of halogens is 4. The van der Waals surface area contributed by atoms with E-state index in [1.807, 2.05) is 0 Å². The highest BCUT2D eigenvalue weighted by atomic mass is 19.4. The van der Waals surface area contributed by atoms with Crippen molar-refractivity contribution in [2.75, 3.05) is 0 Å². The van der Waals surface area contributed by atoms with Crippen LogP contribution in [0.25, 0.3) is 17.0 Å². The van der Waals surface area contributed by atoms with Gasteiger partial charge in [0.1, 0.15) is 17.5 Å². The van der Waals surface area contributed by atoms with E-state index in [-0.39, 0.29) is 6.54 Å². The molecule has 4 nitrogen and oxygen atoms in total. The lowest BCUT2D eigenvalue weighted by molar-refractivity contribution is -0.137. The molecule has 0 atom stereocenters. The molecule has 2 aromatic carbocycles. The van der Waals surface area contributed by atoms with E-state index in [2.05, 4.69) is 0 Å². The highest BCUT2D eigenvalue weighted by Gasteiger charge is 2.30. The number of rotatable bonds is 4. The Labute approximate surface area is 162 Å². The van der Waals surface area contributed by atoms with Crippen LogP contribution in [0.2, 0.25) is 0 Å². The second-order valence-corrected chi connectivity index (χ2v) is 6.55. The first kappa shape index (κ1) is 20.1. The predicted molar refractivity (Wildman–Crippen MR) is 98.4 cm³/mol. The van der Waals surface area contributed by atoms with Crippen LogP contribution < -0.4 is 0 Å². The van der Waals surface area contributed by atoms with Crippen LogP contribution in [0.4, 0.5) is 17.6 Å². The molecule has 1 N–H and O–H groups in total. The molecular weight excluding hydrogens is 388 g/mol. The highest BCUT2D eigenvalue weighted by Crippen LogP contribution is 2.31. The summed E-state index contributed by atoms with van der Waals surface area (Å²) in [6, 6.07) is 9.05. The SMILES string of the molecule is Cc1cc(Cn2cc(/C=C(\C#N)C(=O)O)c3ccc(F)cc32)cc(C(F)(F)F)c1. The van der Waals surface area contributed by atoms with Crippen LogP contribution in [0.5, 0.6) is 0 Å². The van der Waals surface area contributed by atoms with Crippen molar-refractivity contribution in [1.82, 2.24) is 4.57 Å². The second-order valence-electron chi connectivity index (χ2n) is 6.55. The van der Waals surface area contributed by atoms with Gasteiger partial charge in [0, 0.05) is 23.7 Å². The van der Waals surface area contributed by atoms with Crippen molar-refractivity contribution < 1.29 is 27.5 Å². The quantitative estimate of drug-likeness (QED) is 0.373. The minimum Gasteiger partial charge on any atom is -0.477 e. The number of hydrogen-bond acceptors (Lipinski definition) is 2. The van der Waals surface area contributed by atoms with E-state index in [9.17, 15) is 22.4 Å². The van der Waals surface area contributed by atoms with E-state index in [1.54, 1.807) is 19.1 Å². The fourth-order valence-corrected chi connectivity index (χ4v) is 3.15. The number of aromatic nitrogens is 1. The molecule has 29 heavy (non-hydrogen) atoms. The Morgan fingerprint density at radius 3 is 2.59 bits per heavy atom. The molecule has 148 valence electrons. The van der Waals surface area contributed by atoms with E-state index in [4.69, 9.17) is 10.4 Å². The van der Waals surface area contributed by atoms with Gasteiger partial charge in [0.15, 0.2) is 0 Å². The lowest BCUT2D eigenvalue weighted by atomic mass is 10.1. The summed E-state index contributed by atoms with van der Waals surface area (Å²) in [7, 11) is 0. The summed E-state index contributed by atoms with van der Waals surface area (Å²) in [4.78, 5) is 11.1. The van der Waals surface area contributed by atoms with Crippen molar-refractivity contribution in [3.63, 3.8) is 0 Å². The number of hydrogen-bond donors (Lipinski definition) is 1. The maximum absolute atomic E-state index is 13.8. The molecule has 0 unspecified atom stereocenters. The minimum atomic E-state index is -4.50. The van der Waals surface area contributed by atoms with Crippen molar-refractivity contribution >= 4 is 22.9 Å². The Morgan fingerprint density at radius 2 is 1.97 bits per heavy atom. The van der Waals surface area contributed by atoms with Crippen LogP contribution in [-0.2, 0) is 17.5 Å². The third-order valence-electron chi connectivity index (χ3n) is 4.34. The van der Waals surface area contributed by atoms with Gasteiger partial charge in [0.25, 0.3) is 0 Å². The Kier molecular flexibility index (Phi) is 5.16. The van der Waals surface area contributed by atoms with Gasteiger partial charge in [-0.25, -0.2) is 9.18 Å². The molecule has 0 aliphatic rings. The number of benzene rings is 2. The van der Waals surface area contributed by atoms with Crippen molar-refractivity contribution in [3.8, 4) is 6.07 Å². The molecule has 0 fully saturated rings. The first-order valence-corrected chi connectivity index (χ1v) is 8.39. The van der Waals surface area contributed by atoms with Crippen LogP contribution in [0, 0.1) is 24.1 Å². The van der Waals surface area contributed by atoms with Crippen LogP contribution in [0.15, 0.2) is 48.2 Å². The van der Waals surface area contributed by atoms with Crippen LogP contribution in [0.3, 0.4) is 0 Å². The Balaban J connectivity index is 2.14. The lowest BCUT2D eigenvalue weighted by Gasteiger charge is -2.12. The van der Waals surface area contributed by atoms with E-state index in [0.29, 0.717) is 27.6 Å². The van der Waals surface area contributed by atoms with Gasteiger partial charge in [0.05, 0.1) is 11.1 Å². The van der Waals surface area contributed by atoms with E-state index in [0.717, 1.165) is 18.2 Å². The maximum atomic E-state index is 13.8. The van der Waals surface area contributed by atoms with Crippen molar-refractivity contribution in [3.05, 3.63) is 76.2 Å². The lowest BCUT2D eigenvalue weighted by Crippen LogP contribution is -2.07. The van der Waals surface area contributed by atoms with Crippen LogP contribution >= 0.6 is 0 Å². The first-order chi connectivity index (χ1) is 13.6. The second kappa shape index (κ2) is 7.43. The molecule has 0 saturated carbocycles. The third-order valence-corrected chi connectivity index (χ3v) is 4.34. The maximum Gasteiger partial charge on any atom is 0.416 e. The number of aliphatic carboxylic acids is 1. The van der Waals surface area contributed by atoms with Gasteiger partial charge >= 0.3 is 12.1 Å². The average molecular weight is 402 g/mol. The van der Waals surface area contributed by atoms with Gasteiger partial charge < -0.3 is 9.67 Å². The Morgan fingerprint density at radius 1 is 1.24 bits per heavy atom. The Hall–Kier alpha value is -3.60. The third kappa shape index (κ3) is 4.29. The number of fused-ring (bicyclic) bond motifs is 1. The molecule has 0 amide bonds. The number of carboxylic acids is 1. The van der Waals surface area contributed by atoms with Crippen molar-refractivity contribution in [1.29, 1.82) is 5.26 Å². The summed E-state index contributed by atoms with van der Waals surface area (Å²) in [5.74, 6) is -1.96. The summed E-state index contributed by atoms with van der Waals surface area (Å²) in [5, 5.41) is 18.5. The summed E-state index contributed by atoms with van der Waals surface area (Å²) in [6.07, 6.45) is -1.86. The fraction of sp³-hybridized carbons (Fsp3) is 0.143. The minimum absolute atomic E-state index is 0.00745. The molecule has 0 radical (unpaired) electrons. The van der Waals surface area contributed by atoms with Crippen molar-refractivity contribution in [2.24, 2.45) is 0 Å². The normalized spacial score (nSPS) is 12.2. The van der Waals surface area contributed by atoms with Gasteiger partial charge in [0.2, 0.25) is 0 Å². The standard InChI is InChI=1S/C21H14F4N2O2/c1-12-4-13(6-16(5-12)21(23,24)25)10-27-11-15(7-14(9-26)20(28)29)18-3-2-17(22)8-19(18)27/h2-8,11H,10H2,1H3,(H,28,29)/b14-7+. The fourth-order valence-electron chi connectivity index (χ4n) is 3.15. The van der Waals surface area contributed by atoms with Gasteiger partial charge in [-0.15, -0.1) is 0 Å². The van der Waals surface area contributed by atoms with Gasteiger partial charge in [-0.05, 0) is 48.9 Å². The molecule has 0 aliphatic heterocycles.